The van der Waals surface area contributed by atoms with E-state index in [1.807, 2.05) is 6.92 Å². The van der Waals surface area contributed by atoms with Crippen molar-refractivity contribution in [2.75, 3.05) is 7.05 Å². The first-order valence-electron chi connectivity index (χ1n) is 5.93. The van der Waals surface area contributed by atoms with Crippen molar-refractivity contribution in [2.45, 2.75) is 32.3 Å². The third-order valence-corrected chi connectivity index (χ3v) is 2.18. The van der Waals surface area contributed by atoms with E-state index in [-0.39, 0.29) is 18.3 Å². The molecule has 0 aromatic carbocycles. The van der Waals surface area contributed by atoms with Gasteiger partial charge in [0.2, 0.25) is 0 Å². The molecule has 0 rings (SSSR count). The highest BCUT2D eigenvalue weighted by molar-refractivity contribution is 5.83. The number of likely N-dealkylation sites (N-methyl/N-ethyl adjacent to an activating group) is 1. The van der Waals surface area contributed by atoms with E-state index in [1.165, 1.54) is 7.05 Å². The number of hydrogen-bond donors (Lipinski definition) is 1. The Hall–Kier alpha value is -1.84. The van der Waals surface area contributed by atoms with Gasteiger partial charge in [-0.05, 0) is 6.42 Å². The summed E-state index contributed by atoms with van der Waals surface area (Å²) >= 11 is 0. The summed E-state index contributed by atoms with van der Waals surface area (Å²) in [5.74, 6) is -0.695. The number of carbonyl (C=O) groups excluding carboxylic acids is 2. The molecule has 0 spiro atoms. The van der Waals surface area contributed by atoms with E-state index in [0.29, 0.717) is 18.4 Å². The number of hydrogen-bond acceptors (Lipinski definition) is 3. The SMILES string of the molecule is C=C/C=C\C(=C)CC(OC(=O)CCC)C(=O)NC. The first-order chi connectivity index (χ1) is 8.54. The molecule has 0 aromatic heterocycles. The standard InChI is InChI=1S/C14H21NO3/c1-5-7-9-11(3)10-12(14(17)15-4)18-13(16)8-6-2/h5,7,9,12H,1,3,6,8,10H2,2,4H3,(H,15,17)/b9-7-. The Labute approximate surface area is 108 Å². The molecule has 0 aromatic rings. The van der Waals surface area contributed by atoms with Crippen LogP contribution in [-0.2, 0) is 14.3 Å². The van der Waals surface area contributed by atoms with Crippen molar-refractivity contribution in [1.29, 1.82) is 0 Å². The fourth-order valence-corrected chi connectivity index (χ4v) is 1.28. The molecule has 0 aliphatic rings. The van der Waals surface area contributed by atoms with Gasteiger partial charge in [-0.15, -0.1) is 0 Å². The predicted molar refractivity (Wildman–Crippen MR) is 71.9 cm³/mol. The summed E-state index contributed by atoms with van der Waals surface area (Å²) in [7, 11) is 1.51. The highest BCUT2D eigenvalue weighted by Gasteiger charge is 2.21. The minimum absolute atomic E-state index is 0.277. The van der Waals surface area contributed by atoms with Crippen LogP contribution in [0.25, 0.3) is 0 Å². The Kier molecular flexibility index (Phi) is 8.27. The van der Waals surface area contributed by atoms with Crippen molar-refractivity contribution in [3.8, 4) is 0 Å². The van der Waals surface area contributed by atoms with Gasteiger partial charge in [0.1, 0.15) is 0 Å². The fraction of sp³-hybridized carbons (Fsp3) is 0.429. The molecule has 0 fully saturated rings. The molecule has 1 N–H and O–H groups in total. The van der Waals surface area contributed by atoms with Gasteiger partial charge in [0.15, 0.2) is 6.10 Å². The van der Waals surface area contributed by atoms with Crippen molar-refractivity contribution < 1.29 is 14.3 Å². The van der Waals surface area contributed by atoms with E-state index in [9.17, 15) is 9.59 Å². The lowest BCUT2D eigenvalue weighted by Gasteiger charge is -2.16. The average molecular weight is 251 g/mol. The van der Waals surface area contributed by atoms with Gasteiger partial charge in [0, 0.05) is 19.9 Å². The summed E-state index contributed by atoms with van der Waals surface area (Å²) in [6.07, 6.45) is 5.52. The van der Waals surface area contributed by atoms with E-state index >= 15 is 0 Å². The van der Waals surface area contributed by atoms with Gasteiger partial charge in [0.25, 0.3) is 5.91 Å². The number of rotatable bonds is 8. The quantitative estimate of drug-likeness (QED) is 0.531. The smallest absolute Gasteiger partial charge is 0.306 e. The minimum atomic E-state index is -0.823. The van der Waals surface area contributed by atoms with Crippen molar-refractivity contribution in [2.24, 2.45) is 0 Å². The van der Waals surface area contributed by atoms with Crippen LogP contribution in [0, 0.1) is 0 Å². The van der Waals surface area contributed by atoms with Crippen LogP contribution in [0.15, 0.2) is 37.0 Å². The Balaban J connectivity index is 4.54. The zero-order valence-electron chi connectivity index (χ0n) is 11.1. The highest BCUT2D eigenvalue weighted by Crippen LogP contribution is 2.10. The molecule has 0 radical (unpaired) electrons. The maximum Gasteiger partial charge on any atom is 0.306 e. The molecule has 4 nitrogen and oxygen atoms in total. The minimum Gasteiger partial charge on any atom is -0.452 e. The van der Waals surface area contributed by atoms with Crippen molar-refractivity contribution in [3.05, 3.63) is 37.0 Å². The Bertz CT molecular complexity index is 345. The number of carbonyl (C=O) groups is 2. The predicted octanol–water partition coefficient (Wildman–Crippen LogP) is 2.13. The Morgan fingerprint density at radius 1 is 1.44 bits per heavy atom. The second-order valence-electron chi connectivity index (χ2n) is 3.80. The lowest BCUT2D eigenvalue weighted by molar-refractivity contribution is -0.155. The maximum atomic E-state index is 11.6. The van der Waals surface area contributed by atoms with Gasteiger partial charge in [-0.2, -0.15) is 0 Å². The highest BCUT2D eigenvalue weighted by atomic mass is 16.5. The van der Waals surface area contributed by atoms with E-state index in [0.717, 1.165) is 0 Å². The van der Waals surface area contributed by atoms with E-state index in [2.05, 4.69) is 18.5 Å². The average Bonchev–Trinajstić information content (AvgIpc) is 2.34. The van der Waals surface area contributed by atoms with E-state index in [1.54, 1.807) is 18.2 Å². The van der Waals surface area contributed by atoms with Crippen LogP contribution in [-0.4, -0.2) is 25.0 Å². The molecule has 18 heavy (non-hydrogen) atoms. The topological polar surface area (TPSA) is 55.4 Å². The molecular formula is C14H21NO3. The molecule has 1 atom stereocenters. The van der Waals surface area contributed by atoms with Crippen molar-refractivity contribution in [3.63, 3.8) is 0 Å². The summed E-state index contributed by atoms with van der Waals surface area (Å²) in [6, 6.07) is 0. The Morgan fingerprint density at radius 2 is 2.11 bits per heavy atom. The lowest BCUT2D eigenvalue weighted by Crippen LogP contribution is -2.35. The summed E-state index contributed by atoms with van der Waals surface area (Å²) in [5, 5.41) is 2.47. The van der Waals surface area contributed by atoms with Crippen LogP contribution >= 0.6 is 0 Å². The summed E-state index contributed by atoms with van der Waals surface area (Å²) < 4.78 is 5.12. The van der Waals surface area contributed by atoms with Gasteiger partial charge in [-0.25, -0.2) is 0 Å². The molecule has 4 heteroatoms. The van der Waals surface area contributed by atoms with Crippen LogP contribution < -0.4 is 5.32 Å². The molecule has 1 amide bonds. The summed E-state index contributed by atoms with van der Waals surface area (Å²) in [6.45, 7) is 9.22. The van der Waals surface area contributed by atoms with E-state index in [4.69, 9.17) is 4.74 Å². The number of esters is 1. The number of amides is 1. The van der Waals surface area contributed by atoms with Crippen LogP contribution in [0.3, 0.4) is 0 Å². The molecule has 0 aliphatic carbocycles. The van der Waals surface area contributed by atoms with Crippen LogP contribution in [0.4, 0.5) is 0 Å². The van der Waals surface area contributed by atoms with Gasteiger partial charge in [-0.1, -0.05) is 43.9 Å². The molecule has 0 bridgehead atoms. The zero-order chi connectivity index (χ0) is 14.0. The first-order valence-corrected chi connectivity index (χ1v) is 5.93. The molecule has 100 valence electrons. The first kappa shape index (κ1) is 16.2. The molecule has 0 saturated carbocycles. The van der Waals surface area contributed by atoms with Crippen molar-refractivity contribution in [1.82, 2.24) is 5.32 Å². The van der Waals surface area contributed by atoms with Gasteiger partial charge in [0.05, 0.1) is 0 Å². The monoisotopic (exact) mass is 251 g/mol. The second kappa shape index (κ2) is 9.22. The normalized spacial score (nSPS) is 11.9. The van der Waals surface area contributed by atoms with Crippen molar-refractivity contribution >= 4 is 11.9 Å². The molecule has 0 heterocycles. The number of ether oxygens (including phenoxy) is 1. The van der Waals surface area contributed by atoms with Crippen LogP contribution in [0.1, 0.15) is 26.2 Å². The summed E-state index contributed by atoms with van der Waals surface area (Å²) in [4.78, 5) is 23.0. The maximum absolute atomic E-state index is 11.6. The third kappa shape index (κ3) is 6.68. The summed E-state index contributed by atoms with van der Waals surface area (Å²) in [5.41, 5.74) is 0.702. The fourth-order valence-electron chi connectivity index (χ4n) is 1.28. The molecule has 0 aliphatic heterocycles. The van der Waals surface area contributed by atoms with Crippen LogP contribution in [0.2, 0.25) is 0 Å². The van der Waals surface area contributed by atoms with E-state index < -0.39 is 6.10 Å². The van der Waals surface area contributed by atoms with Gasteiger partial charge < -0.3 is 10.1 Å². The third-order valence-electron chi connectivity index (χ3n) is 2.18. The molecule has 0 saturated heterocycles. The largest absolute Gasteiger partial charge is 0.452 e. The lowest BCUT2D eigenvalue weighted by atomic mass is 10.1. The number of allylic oxidation sites excluding steroid dienone is 3. The molecular weight excluding hydrogens is 230 g/mol. The Morgan fingerprint density at radius 3 is 2.61 bits per heavy atom. The second-order valence-corrected chi connectivity index (χ2v) is 3.80. The van der Waals surface area contributed by atoms with Crippen LogP contribution in [0.5, 0.6) is 0 Å². The number of nitrogens with one attached hydrogen (secondary N) is 1. The zero-order valence-corrected chi connectivity index (χ0v) is 11.1. The van der Waals surface area contributed by atoms with Gasteiger partial charge >= 0.3 is 5.97 Å². The van der Waals surface area contributed by atoms with Gasteiger partial charge in [-0.3, -0.25) is 9.59 Å². The molecule has 1 unspecified atom stereocenters.